The van der Waals surface area contributed by atoms with Crippen LogP contribution in [0.2, 0.25) is 0 Å². The molecule has 3 aromatic rings. The Bertz CT molecular complexity index is 842. The number of carbonyl (C=O) groups is 1. The van der Waals surface area contributed by atoms with Crippen molar-refractivity contribution >= 4 is 22.9 Å². The molecule has 4 nitrogen and oxygen atoms in total. The predicted octanol–water partition coefficient (Wildman–Crippen LogP) is 3.31. The Balaban J connectivity index is 1.82. The molecule has 0 spiro atoms. The summed E-state index contributed by atoms with van der Waals surface area (Å²) in [6.45, 7) is 0. The highest BCUT2D eigenvalue weighted by atomic mass is 16.3. The topological polar surface area (TPSA) is 61.7 Å². The van der Waals surface area contributed by atoms with E-state index >= 15 is 0 Å². The lowest BCUT2D eigenvalue weighted by Crippen LogP contribution is -2.17. The van der Waals surface area contributed by atoms with Crippen LogP contribution in [-0.2, 0) is 0 Å². The molecule has 0 aliphatic heterocycles. The second-order valence-electron chi connectivity index (χ2n) is 4.78. The number of rotatable bonds is 3. The Morgan fingerprint density at radius 2 is 1.59 bits per heavy atom. The molecule has 0 bridgehead atoms. The quantitative estimate of drug-likeness (QED) is 0.574. The number of fused-ring (bicyclic) bond motifs is 1. The molecule has 0 heterocycles. The van der Waals surface area contributed by atoms with E-state index in [0.29, 0.717) is 5.56 Å². The van der Waals surface area contributed by atoms with Gasteiger partial charge in [-0.25, -0.2) is 5.43 Å². The smallest absolute Gasteiger partial charge is 0.271 e. The average Bonchev–Trinajstić information content (AvgIpc) is 2.58. The van der Waals surface area contributed by atoms with Gasteiger partial charge in [-0.15, -0.1) is 0 Å². The Morgan fingerprint density at radius 1 is 0.909 bits per heavy atom. The Hall–Kier alpha value is -3.14. The molecule has 4 heteroatoms. The van der Waals surface area contributed by atoms with Crippen molar-refractivity contribution in [2.45, 2.75) is 0 Å². The molecule has 0 saturated heterocycles. The van der Waals surface area contributed by atoms with Gasteiger partial charge in [0.15, 0.2) is 0 Å². The van der Waals surface area contributed by atoms with E-state index in [4.69, 9.17) is 0 Å². The zero-order valence-electron chi connectivity index (χ0n) is 11.7. The van der Waals surface area contributed by atoms with Gasteiger partial charge in [0.2, 0.25) is 0 Å². The number of nitrogens with zero attached hydrogens (tertiary/aromatic N) is 1. The number of phenols is 1. The van der Waals surface area contributed by atoms with Crippen molar-refractivity contribution in [1.82, 2.24) is 5.43 Å². The second-order valence-corrected chi connectivity index (χ2v) is 4.78. The van der Waals surface area contributed by atoms with Gasteiger partial charge in [-0.1, -0.05) is 42.5 Å². The molecule has 0 aliphatic carbocycles. The van der Waals surface area contributed by atoms with E-state index in [1.807, 2.05) is 30.3 Å². The second kappa shape index (κ2) is 6.10. The van der Waals surface area contributed by atoms with Crippen LogP contribution in [0.25, 0.3) is 10.8 Å². The zero-order valence-corrected chi connectivity index (χ0v) is 11.7. The maximum atomic E-state index is 11.9. The molecule has 1 amide bonds. The van der Waals surface area contributed by atoms with Crippen LogP contribution < -0.4 is 5.43 Å². The third-order valence-electron chi connectivity index (χ3n) is 3.34. The van der Waals surface area contributed by atoms with Gasteiger partial charge in [0.05, 0.1) is 6.21 Å². The zero-order chi connectivity index (χ0) is 15.4. The van der Waals surface area contributed by atoms with Gasteiger partial charge in [0.25, 0.3) is 5.91 Å². The molecule has 0 aliphatic rings. The van der Waals surface area contributed by atoms with E-state index < -0.39 is 0 Å². The van der Waals surface area contributed by atoms with Crippen molar-refractivity contribution < 1.29 is 9.90 Å². The van der Waals surface area contributed by atoms with Crippen LogP contribution in [0.1, 0.15) is 15.9 Å². The number of hydrogen-bond acceptors (Lipinski definition) is 3. The van der Waals surface area contributed by atoms with Crippen LogP contribution in [0.4, 0.5) is 0 Å². The van der Waals surface area contributed by atoms with Crippen LogP contribution in [0.3, 0.4) is 0 Å². The lowest BCUT2D eigenvalue weighted by atomic mass is 10.0. The molecule has 2 N–H and O–H groups in total. The summed E-state index contributed by atoms with van der Waals surface area (Å²) in [5.74, 6) is -0.0407. The Kier molecular flexibility index (Phi) is 3.83. The van der Waals surface area contributed by atoms with Crippen LogP contribution in [0.15, 0.2) is 71.8 Å². The number of benzene rings is 3. The summed E-state index contributed by atoms with van der Waals surface area (Å²) in [7, 11) is 0. The van der Waals surface area contributed by atoms with E-state index in [9.17, 15) is 9.90 Å². The monoisotopic (exact) mass is 290 g/mol. The summed E-state index contributed by atoms with van der Waals surface area (Å²) in [5, 5.41) is 15.5. The summed E-state index contributed by atoms with van der Waals surface area (Å²) in [6, 6.07) is 19.8. The minimum absolute atomic E-state index is 0.223. The van der Waals surface area contributed by atoms with Crippen molar-refractivity contribution in [3.8, 4) is 5.75 Å². The number of aromatic hydroxyl groups is 1. The van der Waals surface area contributed by atoms with Gasteiger partial charge < -0.3 is 5.11 Å². The number of carbonyl (C=O) groups excluding carboxylic acids is 1. The van der Waals surface area contributed by atoms with E-state index in [2.05, 4.69) is 10.5 Å². The molecule has 3 rings (SSSR count). The number of nitrogens with one attached hydrogen (secondary N) is 1. The maximum absolute atomic E-state index is 11.9. The van der Waals surface area contributed by atoms with Gasteiger partial charge >= 0.3 is 0 Å². The normalized spacial score (nSPS) is 10.9. The predicted molar refractivity (Wildman–Crippen MR) is 87.1 cm³/mol. The fourth-order valence-electron chi connectivity index (χ4n) is 2.23. The van der Waals surface area contributed by atoms with E-state index in [0.717, 1.165) is 16.3 Å². The van der Waals surface area contributed by atoms with Crippen molar-refractivity contribution in [3.63, 3.8) is 0 Å². The van der Waals surface area contributed by atoms with Crippen molar-refractivity contribution in [1.29, 1.82) is 0 Å². The molecule has 108 valence electrons. The molecule has 22 heavy (non-hydrogen) atoms. The minimum Gasteiger partial charge on any atom is -0.507 e. The van der Waals surface area contributed by atoms with E-state index in [1.54, 1.807) is 42.6 Å². The number of hydrogen-bond donors (Lipinski definition) is 2. The number of amides is 1. The summed E-state index contributed by atoms with van der Waals surface area (Å²) in [6.07, 6.45) is 1.57. The summed E-state index contributed by atoms with van der Waals surface area (Å²) in [5.41, 5.74) is 3.87. The largest absolute Gasteiger partial charge is 0.507 e. The van der Waals surface area contributed by atoms with E-state index in [1.165, 1.54) is 0 Å². The van der Waals surface area contributed by atoms with Crippen LogP contribution in [0, 0.1) is 0 Å². The van der Waals surface area contributed by atoms with Gasteiger partial charge in [-0.2, -0.15) is 5.10 Å². The molecule has 0 saturated carbocycles. The summed E-state index contributed by atoms with van der Waals surface area (Å²) in [4.78, 5) is 11.9. The molecule has 0 atom stereocenters. The Labute approximate surface area is 127 Å². The average molecular weight is 290 g/mol. The van der Waals surface area contributed by atoms with Crippen molar-refractivity contribution in [2.24, 2.45) is 5.10 Å². The lowest BCUT2D eigenvalue weighted by Gasteiger charge is -2.04. The van der Waals surface area contributed by atoms with Gasteiger partial charge in [-0.05, 0) is 29.7 Å². The standard InChI is InChI=1S/C18H14N2O2/c21-17-11-10-14(15-8-4-5-9-16(15)17)12-19-20-18(22)13-6-2-1-3-7-13/h1-12,21H,(H,20,22)/b19-12+. The molecule has 3 aromatic carbocycles. The first-order valence-corrected chi connectivity index (χ1v) is 6.85. The van der Waals surface area contributed by atoms with Gasteiger partial charge in [0, 0.05) is 16.5 Å². The molecular formula is C18H14N2O2. The fourth-order valence-corrected chi connectivity index (χ4v) is 2.23. The van der Waals surface area contributed by atoms with Crippen LogP contribution in [0.5, 0.6) is 5.75 Å². The SMILES string of the molecule is O=C(N/N=C/c1ccc(O)c2ccccc12)c1ccccc1. The molecule has 0 aromatic heterocycles. The highest BCUT2D eigenvalue weighted by molar-refractivity contribution is 6.02. The van der Waals surface area contributed by atoms with Gasteiger partial charge in [-0.3, -0.25) is 4.79 Å². The third-order valence-corrected chi connectivity index (χ3v) is 3.34. The first-order chi connectivity index (χ1) is 10.8. The number of phenolic OH excluding ortho intramolecular Hbond substituents is 1. The lowest BCUT2D eigenvalue weighted by molar-refractivity contribution is 0.0955. The molecule has 0 fully saturated rings. The summed E-state index contributed by atoms with van der Waals surface area (Å²) >= 11 is 0. The molecular weight excluding hydrogens is 276 g/mol. The fraction of sp³-hybridized carbons (Fsp3) is 0. The Morgan fingerprint density at radius 3 is 2.36 bits per heavy atom. The first-order valence-electron chi connectivity index (χ1n) is 6.85. The maximum Gasteiger partial charge on any atom is 0.271 e. The van der Waals surface area contributed by atoms with E-state index in [-0.39, 0.29) is 11.7 Å². The minimum atomic E-state index is -0.264. The highest BCUT2D eigenvalue weighted by Crippen LogP contribution is 2.26. The van der Waals surface area contributed by atoms with Crippen LogP contribution in [-0.4, -0.2) is 17.2 Å². The van der Waals surface area contributed by atoms with Gasteiger partial charge in [0.1, 0.15) is 5.75 Å². The number of hydrazone groups is 1. The van der Waals surface area contributed by atoms with Crippen molar-refractivity contribution in [2.75, 3.05) is 0 Å². The molecule has 0 unspecified atom stereocenters. The first kappa shape index (κ1) is 13.8. The summed E-state index contributed by atoms with van der Waals surface area (Å²) < 4.78 is 0. The van der Waals surface area contributed by atoms with Crippen molar-refractivity contribution in [3.05, 3.63) is 77.9 Å². The third kappa shape index (κ3) is 2.81. The molecule has 0 radical (unpaired) electrons. The highest BCUT2D eigenvalue weighted by Gasteiger charge is 2.04. The van der Waals surface area contributed by atoms with Crippen LogP contribution >= 0.6 is 0 Å².